The van der Waals surface area contributed by atoms with Gasteiger partial charge < -0.3 is 14.5 Å². The Morgan fingerprint density at radius 3 is 2.88 bits per heavy atom. The maximum atomic E-state index is 5.74. The predicted molar refractivity (Wildman–Crippen MR) is 61.5 cm³/mol. The third-order valence-corrected chi connectivity index (χ3v) is 2.60. The second kappa shape index (κ2) is 4.02. The van der Waals surface area contributed by atoms with Gasteiger partial charge in [-0.1, -0.05) is 12.1 Å². The molecule has 3 nitrogen and oxygen atoms in total. The van der Waals surface area contributed by atoms with Crippen molar-refractivity contribution in [2.75, 3.05) is 13.2 Å². The zero-order chi connectivity index (χ0) is 10.8. The summed E-state index contributed by atoms with van der Waals surface area (Å²) in [4.78, 5) is 3.19. The van der Waals surface area contributed by atoms with Crippen LogP contribution in [0.1, 0.15) is 0 Å². The molecule has 0 saturated carbocycles. The monoisotopic (exact) mass is 215 g/mol. The first-order chi connectivity index (χ1) is 7.93. The van der Waals surface area contributed by atoms with Crippen LogP contribution in [0.2, 0.25) is 0 Å². The normalized spacial score (nSPS) is 18.4. The van der Waals surface area contributed by atoms with Gasteiger partial charge in [0.15, 0.2) is 0 Å². The zero-order valence-corrected chi connectivity index (χ0v) is 8.85. The van der Waals surface area contributed by atoms with Crippen LogP contribution in [0.4, 0.5) is 0 Å². The van der Waals surface area contributed by atoms with Crippen molar-refractivity contribution >= 4 is 0 Å². The molecule has 82 valence electrons. The Hall–Kier alpha value is -1.74. The van der Waals surface area contributed by atoms with Crippen molar-refractivity contribution in [2.45, 2.75) is 6.10 Å². The minimum absolute atomic E-state index is 0.289. The number of rotatable bonds is 4. The second-order valence-corrected chi connectivity index (χ2v) is 3.85. The smallest absolute Gasteiger partial charge is 0.128 e. The third-order valence-electron chi connectivity index (χ3n) is 2.60. The van der Waals surface area contributed by atoms with E-state index >= 15 is 0 Å². The van der Waals surface area contributed by atoms with E-state index in [1.165, 1.54) is 0 Å². The fourth-order valence-corrected chi connectivity index (χ4v) is 1.66. The second-order valence-electron chi connectivity index (χ2n) is 3.85. The highest BCUT2D eigenvalue weighted by molar-refractivity contribution is 5.67. The number of benzene rings is 1. The summed E-state index contributed by atoms with van der Waals surface area (Å²) < 4.78 is 10.9. The van der Waals surface area contributed by atoms with Gasteiger partial charge in [-0.15, -0.1) is 0 Å². The molecule has 1 aliphatic heterocycles. The van der Waals surface area contributed by atoms with Crippen molar-refractivity contribution in [3.8, 4) is 17.0 Å². The average Bonchev–Trinajstić information content (AvgIpc) is 3.00. The van der Waals surface area contributed by atoms with E-state index in [0.717, 1.165) is 23.6 Å². The van der Waals surface area contributed by atoms with Crippen LogP contribution in [0, 0.1) is 0 Å². The standard InChI is InChI=1S/C13H13NO2/c1-2-6-13(16-9-10-8-15-10)11(4-1)12-5-3-7-14-12/h1-7,10,14H,8-9H2. The molecule has 1 saturated heterocycles. The van der Waals surface area contributed by atoms with Crippen molar-refractivity contribution < 1.29 is 9.47 Å². The number of ether oxygens (including phenoxy) is 2. The minimum Gasteiger partial charge on any atom is -0.490 e. The van der Waals surface area contributed by atoms with Gasteiger partial charge in [-0.25, -0.2) is 0 Å². The number of nitrogens with one attached hydrogen (secondary N) is 1. The first-order valence-electron chi connectivity index (χ1n) is 5.41. The van der Waals surface area contributed by atoms with E-state index in [0.29, 0.717) is 6.61 Å². The first-order valence-corrected chi connectivity index (χ1v) is 5.41. The van der Waals surface area contributed by atoms with Crippen molar-refractivity contribution in [1.82, 2.24) is 4.98 Å². The molecule has 0 spiro atoms. The van der Waals surface area contributed by atoms with Crippen molar-refractivity contribution in [3.05, 3.63) is 42.6 Å². The van der Waals surface area contributed by atoms with Crippen molar-refractivity contribution in [1.29, 1.82) is 0 Å². The summed E-state index contributed by atoms with van der Waals surface area (Å²) in [6.45, 7) is 1.46. The number of hydrogen-bond acceptors (Lipinski definition) is 2. The fraction of sp³-hybridized carbons (Fsp3) is 0.231. The van der Waals surface area contributed by atoms with Gasteiger partial charge in [0.2, 0.25) is 0 Å². The van der Waals surface area contributed by atoms with Gasteiger partial charge in [-0.05, 0) is 24.3 Å². The summed E-state index contributed by atoms with van der Waals surface area (Å²) in [5.74, 6) is 0.903. The molecule has 0 amide bonds. The number of hydrogen-bond donors (Lipinski definition) is 1. The lowest BCUT2D eigenvalue weighted by atomic mass is 10.1. The topological polar surface area (TPSA) is 37.5 Å². The SMILES string of the molecule is c1c[nH]c(-c2ccccc2OCC2CO2)c1. The van der Waals surface area contributed by atoms with E-state index in [2.05, 4.69) is 11.1 Å². The van der Waals surface area contributed by atoms with Crippen LogP contribution in [-0.4, -0.2) is 24.3 Å². The van der Waals surface area contributed by atoms with Crippen LogP contribution in [0.25, 0.3) is 11.3 Å². The quantitative estimate of drug-likeness (QED) is 0.795. The maximum absolute atomic E-state index is 5.74. The van der Waals surface area contributed by atoms with Crippen molar-refractivity contribution in [3.63, 3.8) is 0 Å². The van der Waals surface area contributed by atoms with Crippen LogP contribution in [0.15, 0.2) is 42.6 Å². The Morgan fingerprint density at radius 1 is 1.25 bits per heavy atom. The molecule has 1 aromatic carbocycles. The molecule has 2 heterocycles. The summed E-state index contributed by atoms with van der Waals surface area (Å²) in [6, 6.07) is 12.0. The molecule has 1 N–H and O–H groups in total. The third kappa shape index (κ3) is 1.95. The fourth-order valence-electron chi connectivity index (χ4n) is 1.66. The van der Waals surface area contributed by atoms with Gasteiger partial charge in [0, 0.05) is 17.5 Å². The Morgan fingerprint density at radius 2 is 2.12 bits per heavy atom. The summed E-state index contributed by atoms with van der Waals surface area (Å²) in [6.07, 6.45) is 2.20. The van der Waals surface area contributed by atoms with Crippen LogP contribution >= 0.6 is 0 Å². The molecule has 2 aromatic rings. The Labute approximate surface area is 94.0 Å². The molecule has 0 radical (unpaired) electrons. The van der Waals surface area contributed by atoms with E-state index < -0.39 is 0 Å². The van der Waals surface area contributed by atoms with Crippen LogP contribution in [0.5, 0.6) is 5.75 Å². The number of aromatic nitrogens is 1. The predicted octanol–water partition coefficient (Wildman–Crippen LogP) is 2.46. The lowest BCUT2D eigenvalue weighted by molar-refractivity contribution is 0.264. The molecule has 1 aliphatic rings. The first kappa shape index (κ1) is 9.48. The van der Waals surface area contributed by atoms with Gasteiger partial charge in [0.25, 0.3) is 0 Å². The van der Waals surface area contributed by atoms with E-state index in [1.54, 1.807) is 0 Å². The summed E-state index contributed by atoms with van der Waals surface area (Å²) in [5, 5.41) is 0. The van der Waals surface area contributed by atoms with E-state index in [4.69, 9.17) is 9.47 Å². The molecule has 1 aromatic heterocycles. The molecule has 0 bridgehead atoms. The van der Waals surface area contributed by atoms with Gasteiger partial charge in [0.05, 0.1) is 6.61 Å². The largest absolute Gasteiger partial charge is 0.490 e. The summed E-state index contributed by atoms with van der Waals surface area (Å²) >= 11 is 0. The number of epoxide rings is 1. The average molecular weight is 215 g/mol. The van der Waals surface area contributed by atoms with Crippen LogP contribution in [0.3, 0.4) is 0 Å². The molecule has 16 heavy (non-hydrogen) atoms. The minimum atomic E-state index is 0.289. The molecule has 1 fully saturated rings. The van der Waals surface area contributed by atoms with Crippen LogP contribution in [-0.2, 0) is 4.74 Å². The Balaban J connectivity index is 1.85. The van der Waals surface area contributed by atoms with E-state index in [9.17, 15) is 0 Å². The highest BCUT2D eigenvalue weighted by atomic mass is 16.6. The van der Waals surface area contributed by atoms with Crippen molar-refractivity contribution in [2.24, 2.45) is 0 Å². The lowest BCUT2D eigenvalue weighted by Gasteiger charge is -2.09. The van der Waals surface area contributed by atoms with E-state index in [1.807, 2.05) is 36.5 Å². The molecule has 3 rings (SSSR count). The van der Waals surface area contributed by atoms with Gasteiger partial charge in [-0.3, -0.25) is 0 Å². The molecule has 0 aliphatic carbocycles. The van der Waals surface area contributed by atoms with Gasteiger partial charge >= 0.3 is 0 Å². The number of H-pyrrole nitrogens is 1. The van der Waals surface area contributed by atoms with E-state index in [-0.39, 0.29) is 6.10 Å². The summed E-state index contributed by atoms with van der Waals surface area (Å²) in [5.41, 5.74) is 2.17. The molecular weight excluding hydrogens is 202 g/mol. The zero-order valence-electron chi connectivity index (χ0n) is 8.85. The molecule has 1 atom stereocenters. The Bertz CT molecular complexity index is 461. The van der Waals surface area contributed by atoms with Gasteiger partial charge in [0.1, 0.15) is 18.5 Å². The maximum Gasteiger partial charge on any atom is 0.128 e. The van der Waals surface area contributed by atoms with Gasteiger partial charge in [-0.2, -0.15) is 0 Å². The molecular formula is C13H13NO2. The van der Waals surface area contributed by atoms with Crippen LogP contribution < -0.4 is 4.74 Å². The highest BCUT2D eigenvalue weighted by Gasteiger charge is 2.23. The molecule has 3 heteroatoms. The highest BCUT2D eigenvalue weighted by Crippen LogP contribution is 2.29. The number of aromatic amines is 1. The Kier molecular flexibility index (Phi) is 2.38. The summed E-state index contributed by atoms with van der Waals surface area (Å²) in [7, 11) is 0. The lowest BCUT2D eigenvalue weighted by Crippen LogP contribution is -2.04. The number of para-hydroxylation sites is 1. The molecule has 1 unspecified atom stereocenters.